The van der Waals surface area contributed by atoms with Crippen molar-refractivity contribution in [1.29, 1.82) is 0 Å². The molecule has 3 aromatic rings. The molecule has 0 atom stereocenters. The van der Waals surface area contributed by atoms with Gasteiger partial charge in [-0.05, 0) is 36.4 Å². The van der Waals surface area contributed by atoms with Gasteiger partial charge in [0.25, 0.3) is 0 Å². The minimum Gasteiger partial charge on any atom is -0.493 e. The highest BCUT2D eigenvalue weighted by Crippen LogP contribution is 2.32. The Bertz CT molecular complexity index is 994. The molecule has 2 N–H and O–H groups in total. The summed E-state index contributed by atoms with van der Waals surface area (Å²) in [7, 11) is 1.35. The van der Waals surface area contributed by atoms with Crippen molar-refractivity contribution in [3.05, 3.63) is 48.4 Å². The first-order valence-corrected chi connectivity index (χ1v) is 8.52. The van der Waals surface area contributed by atoms with Crippen LogP contribution < -0.4 is 20.1 Å². The number of hydrogen-bond acceptors (Lipinski definition) is 7. The average molecular weight is 404 g/mol. The molecule has 2 aromatic carbocycles. The molecule has 0 saturated carbocycles. The number of nitrogens with one attached hydrogen (secondary N) is 2. The molecular formula is C19H18F2N4O4. The van der Waals surface area contributed by atoms with Gasteiger partial charge in [0.15, 0.2) is 11.5 Å². The monoisotopic (exact) mass is 404 g/mol. The van der Waals surface area contributed by atoms with Crippen molar-refractivity contribution >= 4 is 17.3 Å². The third-order valence-corrected chi connectivity index (χ3v) is 3.73. The third-order valence-electron chi connectivity index (χ3n) is 3.73. The molecule has 3 rings (SSSR count). The summed E-state index contributed by atoms with van der Waals surface area (Å²) in [6, 6.07) is 11.5. The molecule has 0 saturated heterocycles. The first-order chi connectivity index (χ1) is 13.9. The number of carbonyl (C=O) groups excluding carboxylic acids is 1. The Kier molecular flexibility index (Phi) is 6.22. The standard InChI is InChI=1S/C19H18F2N4O4/c1-11(26)23-14-5-3-4-13(9-14)22-10-17-24-18(25-29-17)12-6-7-15(28-19(20)21)16(8-12)27-2/h3-9,19,22H,10H2,1-2H3,(H,23,26). The van der Waals surface area contributed by atoms with Crippen molar-refractivity contribution in [3.63, 3.8) is 0 Å². The second-order valence-electron chi connectivity index (χ2n) is 5.87. The molecule has 1 amide bonds. The number of aromatic nitrogens is 2. The fourth-order valence-corrected chi connectivity index (χ4v) is 2.53. The van der Waals surface area contributed by atoms with Crippen LogP contribution in [0.2, 0.25) is 0 Å². The number of anilines is 2. The quantitative estimate of drug-likeness (QED) is 0.587. The maximum atomic E-state index is 12.4. The number of amides is 1. The number of halogens is 2. The number of nitrogens with zero attached hydrogens (tertiary/aromatic N) is 2. The Labute approximate surface area is 164 Å². The van der Waals surface area contributed by atoms with Crippen LogP contribution in [0.4, 0.5) is 20.2 Å². The molecule has 152 valence electrons. The van der Waals surface area contributed by atoms with Crippen LogP contribution in [0.1, 0.15) is 12.8 Å². The molecule has 0 fully saturated rings. The van der Waals surface area contributed by atoms with E-state index in [9.17, 15) is 13.6 Å². The van der Waals surface area contributed by atoms with Gasteiger partial charge in [-0.15, -0.1) is 0 Å². The summed E-state index contributed by atoms with van der Waals surface area (Å²) in [6.45, 7) is -1.27. The second-order valence-corrected chi connectivity index (χ2v) is 5.87. The summed E-state index contributed by atoms with van der Waals surface area (Å²) in [5.41, 5.74) is 1.93. The molecule has 8 nitrogen and oxygen atoms in total. The highest BCUT2D eigenvalue weighted by molar-refractivity contribution is 5.89. The molecule has 0 radical (unpaired) electrons. The van der Waals surface area contributed by atoms with Gasteiger partial charge in [-0.25, -0.2) is 0 Å². The smallest absolute Gasteiger partial charge is 0.387 e. The van der Waals surface area contributed by atoms with Gasteiger partial charge in [0.2, 0.25) is 17.6 Å². The van der Waals surface area contributed by atoms with Crippen LogP contribution in [0.15, 0.2) is 47.0 Å². The molecule has 0 aliphatic heterocycles. The molecule has 0 unspecified atom stereocenters. The van der Waals surface area contributed by atoms with E-state index in [1.165, 1.54) is 32.2 Å². The van der Waals surface area contributed by atoms with Crippen LogP contribution in [0, 0.1) is 0 Å². The van der Waals surface area contributed by atoms with Gasteiger partial charge in [0.1, 0.15) is 0 Å². The SMILES string of the molecule is COc1cc(-c2noc(CNc3cccc(NC(C)=O)c3)n2)ccc1OC(F)F. The van der Waals surface area contributed by atoms with Crippen LogP contribution in [0.25, 0.3) is 11.4 Å². The number of carbonyl (C=O) groups is 1. The predicted molar refractivity (Wildman–Crippen MR) is 101 cm³/mol. The topological polar surface area (TPSA) is 98.5 Å². The lowest BCUT2D eigenvalue weighted by Crippen LogP contribution is -2.06. The van der Waals surface area contributed by atoms with Crippen molar-refractivity contribution in [2.45, 2.75) is 20.1 Å². The predicted octanol–water partition coefficient (Wildman–Crippen LogP) is 3.92. The van der Waals surface area contributed by atoms with Gasteiger partial charge in [-0.3, -0.25) is 4.79 Å². The fourth-order valence-electron chi connectivity index (χ4n) is 2.53. The van der Waals surface area contributed by atoms with E-state index in [1.54, 1.807) is 18.2 Å². The van der Waals surface area contributed by atoms with E-state index in [0.29, 0.717) is 17.1 Å². The summed E-state index contributed by atoms with van der Waals surface area (Å²) >= 11 is 0. The molecule has 1 aromatic heterocycles. The number of rotatable bonds is 8. The molecule has 10 heteroatoms. The molecular weight excluding hydrogens is 386 g/mol. The maximum Gasteiger partial charge on any atom is 0.387 e. The van der Waals surface area contributed by atoms with Crippen molar-refractivity contribution in [1.82, 2.24) is 10.1 Å². The minimum absolute atomic E-state index is 0.0873. The van der Waals surface area contributed by atoms with Crippen LogP contribution in [0.5, 0.6) is 11.5 Å². The van der Waals surface area contributed by atoms with E-state index >= 15 is 0 Å². The lowest BCUT2D eigenvalue weighted by atomic mass is 10.2. The van der Waals surface area contributed by atoms with E-state index < -0.39 is 6.61 Å². The highest BCUT2D eigenvalue weighted by atomic mass is 19.3. The van der Waals surface area contributed by atoms with Crippen molar-refractivity contribution in [2.75, 3.05) is 17.7 Å². The normalized spacial score (nSPS) is 10.7. The Morgan fingerprint density at radius 3 is 2.69 bits per heavy atom. The van der Waals surface area contributed by atoms with Crippen molar-refractivity contribution < 1.29 is 27.6 Å². The lowest BCUT2D eigenvalue weighted by molar-refractivity contribution is -0.114. The first-order valence-electron chi connectivity index (χ1n) is 8.52. The average Bonchev–Trinajstić information content (AvgIpc) is 3.15. The molecule has 0 bridgehead atoms. The lowest BCUT2D eigenvalue weighted by Gasteiger charge is -2.10. The summed E-state index contributed by atoms with van der Waals surface area (Å²) in [5, 5.41) is 9.71. The van der Waals surface area contributed by atoms with Crippen LogP contribution >= 0.6 is 0 Å². The van der Waals surface area contributed by atoms with Gasteiger partial charge in [0, 0.05) is 23.9 Å². The molecule has 0 spiro atoms. The Morgan fingerprint density at radius 1 is 1.17 bits per heavy atom. The van der Waals surface area contributed by atoms with E-state index in [-0.39, 0.29) is 29.8 Å². The van der Waals surface area contributed by atoms with Crippen LogP contribution in [-0.4, -0.2) is 29.8 Å². The zero-order valence-electron chi connectivity index (χ0n) is 15.6. The van der Waals surface area contributed by atoms with Gasteiger partial charge in [-0.1, -0.05) is 11.2 Å². The zero-order valence-corrected chi connectivity index (χ0v) is 15.6. The number of methoxy groups -OCH3 is 1. The van der Waals surface area contributed by atoms with Gasteiger partial charge < -0.3 is 24.6 Å². The number of hydrogen-bond donors (Lipinski definition) is 2. The molecule has 0 aliphatic carbocycles. The summed E-state index contributed by atoms with van der Waals surface area (Å²) in [5.74, 6) is 0.467. The van der Waals surface area contributed by atoms with E-state index in [4.69, 9.17) is 9.26 Å². The summed E-state index contributed by atoms with van der Waals surface area (Å²) in [4.78, 5) is 15.4. The van der Waals surface area contributed by atoms with Gasteiger partial charge >= 0.3 is 6.61 Å². The Balaban J connectivity index is 1.69. The largest absolute Gasteiger partial charge is 0.493 e. The molecule has 29 heavy (non-hydrogen) atoms. The molecule has 1 heterocycles. The minimum atomic E-state index is -2.96. The number of alkyl halides is 2. The van der Waals surface area contributed by atoms with E-state index in [0.717, 1.165) is 5.69 Å². The van der Waals surface area contributed by atoms with Crippen LogP contribution in [-0.2, 0) is 11.3 Å². The maximum absolute atomic E-state index is 12.4. The number of ether oxygens (including phenoxy) is 2. The Morgan fingerprint density at radius 2 is 1.97 bits per heavy atom. The van der Waals surface area contributed by atoms with Crippen LogP contribution in [0.3, 0.4) is 0 Å². The van der Waals surface area contributed by atoms with Gasteiger partial charge in [0.05, 0.1) is 13.7 Å². The van der Waals surface area contributed by atoms with E-state index in [1.807, 2.05) is 6.07 Å². The second kappa shape index (κ2) is 9.00. The van der Waals surface area contributed by atoms with E-state index in [2.05, 4.69) is 25.5 Å². The summed E-state index contributed by atoms with van der Waals surface area (Å²) in [6.07, 6.45) is 0. The zero-order chi connectivity index (χ0) is 20.8. The summed E-state index contributed by atoms with van der Waals surface area (Å²) < 4.78 is 39.5. The molecule has 0 aliphatic rings. The Hall–Kier alpha value is -3.69. The third kappa shape index (κ3) is 5.41. The van der Waals surface area contributed by atoms with Gasteiger partial charge in [-0.2, -0.15) is 13.8 Å². The van der Waals surface area contributed by atoms with Crippen molar-refractivity contribution in [2.24, 2.45) is 0 Å². The fraction of sp³-hybridized carbons (Fsp3) is 0.211. The number of benzene rings is 2. The first kappa shape index (κ1) is 20.1. The highest BCUT2D eigenvalue weighted by Gasteiger charge is 2.15. The van der Waals surface area contributed by atoms with Crippen molar-refractivity contribution in [3.8, 4) is 22.9 Å².